The predicted molar refractivity (Wildman–Crippen MR) is 117 cm³/mol. The average molecular weight is 410 g/mol. The largest absolute Gasteiger partial charge is 0.355 e. The monoisotopic (exact) mass is 409 g/mol. The highest BCUT2D eigenvalue weighted by Gasteiger charge is 2.26. The summed E-state index contributed by atoms with van der Waals surface area (Å²) in [6.07, 6.45) is 2.27. The molecule has 0 unspecified atom stereocenters. The number of carbonyl (C=O) groups excluding carboxylic acids is 3. The molecule has 0 radical (unpaired) electrons. The van der Waals surface area contributed by atoms with Crippen LogP contribution in [-0.4, -0.2) is 53.0 Å². The molecule has 0 aliphatic carbocycles. The number of Topliss-reactive ketones (excluding diaryl/α,β-unsaturated/α-hetero) is 2. The van der Waals surface area contributed by atoms with E-state index >= 15 is 0 Å². The Morgan fingerprint density at radius 1 is 1.13 bits per heavy atom. The fourth-order valence-electron chi connectivity index (χ4n) is 4.35. The highest BCUT2D eigenvalue weighted by Crippen LogP contribution is 2.22. The molecule has 1 amide bonds. The van der Waals surface area contributed by atoms with Gasteiger partial charge in [-0.15, -0.1) is 0 Å². The second-order valence-electron chi connectivity index (χ2n) is 8.15. The Bertz CT molecular complexity index is 953. The van der Waals surface area contributed by atoms with Crippen LogP contribution in [0.15, 0.2) is 24.3 Å². The summed E-state index contributed by atoms with van der Waals surface area (Å²) in [4.78, 5) is 42.6. The minimum atomic E-state index is -0.0335. The minimum Gasteiger partial charge on any atom is -0.355 e. The molecule has 0 atom stereocenters. The van der Waals surface area contributed by atoms with Crippen LogP contribution in [0.3, 0.4) is 0 Å². The number of nitrogens with zero attached hydrogens (tertiary/aromatic N) is 1. The number of hydrogen-bond donors (Lipinski definition) is 2. The van der Waals surface area contributed by atoms with Crippen molar-refractivity contribution >= 4 is 17.5 Å². The number of rotatable bonds is 7. The van der Waals surface area contributed by atoms with Gasteiger partial charge in [-0.25, -0.2) is 0 Å². The van der Waals surface area contributed by atoms with Crippen LogP contribution in [0.5, 0.6) is 0 Å². The van der Waals surface area contributed by atoms with E-state index in [1.54, 1.807) is 6.92 Å². The van der Waals surface area contributed by atoms with Crippen molar-refractivity contribution in [2.45, 2.75) is 53.0 Å². The number of amides is 1. The molecule has 30 heavy (non-hydrogen) atoms. The topological polar surface area (TPSA) is 82.3 Å². The standard InChI is InChI=1S/C24H31N3O3/c1-5-19-22(17(4)28)16(3)25-23(19)21(29)14-27-12-10-18(11-13-27)26-24(30)20-9-7-6-8-15(20)2/h6-9,18,25H,5,10-14H2,1-4H3,(H,26,30). The Morgan fingerprint density at radius 3 is 2.40 bits per heavy atom. The molecule has 2 heterocycles. The van der Waals surface area contributed by atoms with Gasteiger partial charge in [-0.3, -0.25) is 19.3 Å². The molecule has 1 saturated heterocycles. The third-order valence-electron chi connectivity index (χ3n) is 5.96. The van der Waals surface area contributed by atoms with Gasteiger partial charge in [0, 0.05) is 36.0 Å². The number of aromatic amines is 1. The normalized spacial score (nSPS) is 15.2. The molecule has 1 aliphatic heterocycles. The van der Waals surface area contributed by atoms with E-state index < -0.39 is 0 Å². The first-order valence-corrected chi connectivity index (χ1v) is 10.7. The lowest BCUT2D eigenvalue weighted by molar-refractivity contribution is 0.0855. The van der Waals surface area contributed by atoms with Gasteiger partial charge >= 0.3 is 0 Å². The third-order valence-corrected chi connectivity index (χ3v) is 5.96. The van der Waals surface area contributed by atoms with E-state index in [0.717, 1.165) is 42.8 Å². The van der Waals surface area contributed by atoms with E-state index in [9.17, 15) is 14.4 Å². The minimum absolute atomic E-state index is 0.00939. The molecule has 0 bridgehead atoms. The first-order valence-electron chi connectivity index (χ1n) is 10.7. The fraction of sp³-hybridized carbons (Fsp3) is 0.458. The zero-order valence-corrected chi connectivity index (χ0v) is 18.3. The van der Waals surface area contributed by atoms with Gasteiger partial charge in [-0.2, -0.15) is 0 Å². The van der Waals surface area contributed by atoms with Crippen LogP contribution >= 0.6 is 0 Å². The lowest BCUT2D eigenvalue weighted by Crippen LogP contribution is -2.46. The molecule has 1 fully saturated rings. The van der Waals surface area contributed by atoms with Crippen LogP contribution in [0.2, 0.25) is 0 Å². The highest BCUT2D eigenvalue weighted by atomic mass is 16.2. The lowest BCUT2D eigenvalue weighted by atomic mass is 10.0. The van der Waals surface area contributed by atoms with Crippen molar-refractivity contribution in [2.75, 3.05) is 19.6 Å². The van der Waals surface area contributed by atoms with Crippen molar-refractivity contribution in [3.63, 3.8) is 0 Å². The summed E-state index contributed by atoms with van der Waals surface area (Å²) in [6.45, 7) is 9.12. The number of ketones is 2. The Labute approximate surface area is 178 Å². The third kappa shape index (κ3) is 4.70. The van der Waals surface area contributed by atoms with Crippen molar-refractivity contribution in [3.8, 4) is 0 Å². The zero-order chi connectivity index (χ0) is 21.8. The first kappa shape index (κ1) is 22.0. The molecule has 6 nitrogen and oxygen atoms in total. The smallest absolute Gasteiger partial charge is 0.251 e. The Morgan fingerprint density at radius 2 is 1.80 bits per heavy atom. The summed E-state index contributed by atoms with van der Waals surface area (Å²) in [6, 6.07) is 7.70. The molecule has 2 N–H and O–H groups in total. The zero-order valence-electron chi connectivity index (χ0n) is 18.3. The molecule has 6 heteroatoms. The van der Waals surface area contributed by atoms with Crippen molar-refractivity contribution in [2.24, 2.45) is 0 Å². The molecule has 3 rings (SSSR count). The van der Waals surface area contributed by atoms with Crippen molar-refractivity contribution in [3.05, 3.63) is 57.9 Å². The fourth-order valence-corrected chi connectivity index (χ4v) is 4.35. The summed E-state index contributed by atoms with van der Waals surface area (Å²) in [7, 11) is 0. The lowest BCUT2D eigenvalue weighted by Gasteiger charge is -2.32. The second kappa shape index (κ2) is 9.39. The van der Waals surface area contributed by atoms with Crippen LogP contribution in [-0.2, 0) is 6.42 Å². The van der Waals surface area contributed by atoms with Gasteiger partial charge in [-0.1, -0.05) is 25.1 Å². The van der Waals surface area contributed by atoms with Gasteiger partial charge in [0.05, 0.1) is 12.2 Å². The summed E-state index contributed by atoms with van der Waals surface area (Å²) >= 11 is 0. The van der Waals surface area contributed by atoms with Crippen molar-refractivity contribution in [1.82, 2.24) is 15.2 Å². The highest BCUT2D eigenvalue weighted by molar-refractivity contribution is 6.04. The SMILES string of the molecule is CCc1c(C(=O)CN2CCC(NC(=O)c3ccccc3C)CC2)[nH]c(C)c1C(C)=O. The first-order chi connectivity index (χ1) is 14.3. The summed E-state index contributed by atoms with van der Waals surface area (Å²) in [5, 5.41) is 3.13. The summed E-state index contributed by atoms with van der Waals surface area (Å²) in [5.41, 5.74) is 4.49. The Balaban J connectivity index is 1.57. The Kier molecular flexibility index (Phi) is 6.87. The van der Waals surface area contributed by atoms with Gasteiger partial charge in [0.15, 0.2) is 11.6 Å². The van der Waals surface area contributed by atoms with Crippen molar-refractivity contribution in [1.29, 1.82) is 0 Å². The van der Waals surface area contributed by atoms with E-state index in [-0.39, 0.29) is 23.5 Å². The molecule has 0 saturated carbocycles. The maximum absolute atomic E-state index is 12.9. The number of benzene rings is 1. The maximum Gasteiger partial charge on any atom is 0.251 e. The van der Waals surface area contributed by atoms with Gasteiger partial charge < -0.3 is 10.3 Å². The average Bonchev–Trinajstić information content (AvgIpc) is 3.06. The number of aryl methyl sites for hydroxylation is 2. The summed E-state index contributed by atoms with van der Waals surface area (Å²) < 4.78 is 0. The van der Waals surface area contributed by atoms with Gasteiger partial charge in [-0.05, 0) is 57.2 Å². The van der Waals surface area contributed by atoms with Crippen LogP contribution in [0.1, 0.15) is 74.7 Å². The van der Waals surface area contributed by atoms with E-state index in [1.165, 1.54) is 0 Å². The predicted octanol–water partition coefficient (Wildman–Crippen LogP) is 3.47. The molecular weight excluding hydrogens is 378 g/mol. The quantitative estimate of drug-likeness (QED) is 0.686. The number of piperidine rings is 1. The maximum atomic E-state index is 12.9. The van der Waals surface area contributed by atoms with Gasteiger partial charge in [0.25, 0.3) is 5.91 Å². The van der Waals surface area contributed by atoms with E-state index in [0.29, 0.717) is 29.8 Å². The number of H-pyrrole nitrogens is 1. The second-order valence-corrected chi connectivity index (χ2v) is 8.15. The van der Waals surface area contributed by atoms with Crippen LogP contribution < -0.4 is 5.32 Å². The molecule has 1 aliphatic rings. The number of likely N-dealkylation sites (tertiary alicyclic amines) is 1. The molecule has 2 aromatic rings. The molecule has 1 aromatic carbocycles. The van der Waals surface area contributed by atoms with Gasteiger partial charge in [0.1, 0.15) is 0 Å². The molecule has 0 spiro atoms. The molecular formula is C24H31N3O3. The number of aromatic nitrogens is 1. The Hall–Kier alpha value is -2.73. The number of carbonyl (C=O) groups is 3. The molecule has 160 valence electrons. The van der Waals surface area contributed by atoms with E-state index in [2.05, 4.69) is 15.2 Å². The van der Waals surface area contributed by atoms with Crippen LogP contribution in [0.4, 0.5) is 0 Å². The number of nitrogens with one attached hydrogen (secondary N) is 2. The molecule has 1 aromatic heterocycles. The van der Waals surface area contributed by atoms with Crippen LogP contribution in [0.25, 0.3) is 0 Å². The van der Waals surface area contributed by atoms with Crippen LogP contribution in [0, 0.1) is 13.8 Å². The van der Waals surface area contributed by atoms with Gasteiger partial charge in [0.2, 0.25) is 0 Å². The van der Waals surface area contributed by atoms with E-state index in [1.807, 2.05) is 45.0 Å². The number of hydrogen-bond acceptors (Lipinski definition) is 4. The van der Waals surface area contributed by atoms with Crippen molar-refractivity contribution < 1.29 is 14.4 Å². The van der Waals surface area contributed by atoms with E-state index in [4.69, 9.17) is 0 Å². The summed E-state index contributed by atoms with van der Waals surface area (Å²) in [5.74, 6) is -0.0245.